The highest BCUT2D eigenvalue weighted by Crippen LogP contribution is 2.19. The summed E-state index contributed by atoms with van der Waals surface area (Å²) in [4.78, 5) is 11.6. The highest BCUT2D eigenvalue weighted by molar-refractivity contribution is 5.78. The van der Waals surface area contributed by atoms with Gasteiger partial charge in [-0.1, -0.05) is 0 Å². The molecular formula is C14H21FN2O2. The predicted molar refractivity (Wildman–Crippen MR) is 72.6 cm³/mol. The van der Waals surface area contributed by atoms with E-state index < -0.39 is 0 Å². The standard InChI is InChI=1S/C14H21FN2O2/c1-14(2,3)17-13(18)9-19-12-6-5-11(15)7-10(12)8-16-4/h5-7,16H,8-9H2,1-4H3,(H,17,18). The summed E-state index contributed by atoms with van der Waals surface area (Å²) in [6.45, 7) is 6.09. The first kappa shape index (κ1) is 15.4. The van der Waals surface area contributed by atoms with Crippen molar-refractivity contribution in [3.63, 3.8) is 0 Å². The molecule has 0 spiro atoms. The molecule has 5 heteroatoms. The van der Waals surface area contributed by atoms with Crippen LogP contribution in [0, 0.1) is 5.82 Å². The van der Waals surface area contributed by atoms with E-state index in [1.165, 1.54) is 18.2 Å². The summed E-state index contributed by atoms with van der Waals surface area (Å²) in [6, 6.07) is 4.25. The van der Waals surface area contributed by atoms with Crippen molar-refractivity contribution in [3.8, 4) is 5.75 Å². The molecule has 1 amide bonds. The minimum Gasteiger partial charge on any atom is -0.483 e. The zero-order valence-electron chi connectivity index (χ0n) is 11.8. The fourth-order valence-electron chi connectivity index (χ4n) is 1.62. The Hall–Kier alpha value is -1.62. The monoisotopic (exact) mass is 268 g/mol. The van der Waals surface area contributed by atoms with Crippen LogP contribution in [0.5, 0.6) is 5.75 Å². The van der Waals surface area contributed by atoms with Gasteiger partial charge in [0.05, 0.1) is 0 Å². The molecule has 0 radical (unpaired) electrons. The summed E-state index contributed by atoms with van der Waals surface area (Å²) in [5.41, 5.74) is 0.392. The van der Waals surface area contributed by atoms with Gasteiger partial charge >= 0.3 is 0 Å². The summed E-state index contributed by atoms with van der Waals surface area (Å²) in [5, 5.41) is 5.73. The van der Waals surface area contributed by atoms with E-state index >= 15 is 0 Å². The van der Waals surface area contributed by atoms with Gasteiger partial charge in [0.25, 0.3) is 5.91 Å². The molecule has 0 saturated heterocycles. The lowest BCUT2D eigenvalue weighted by atomic mass is 10.1. The maximum atomic E-state index is 13.1. The van der Waals surface area contributed by atoms with Crippen LogP contribution in [-0.2, 0) is 11.3 Å². The number of halogens is 1. The Labute approximate surface area is 113 Å². The number of ether oxygens (including phenoxy) is 1. The molecule has 0 aromatic heterocycles. The Morgan fingerprint density at radius 2 is 2.05 bits per heavy atom. The lowest BCUT2D eigenvalue weighted by Crippen LogP contribution is -2.43. The van der Waals surface area contributed by atoms with Crippen molar-refractivity contribution in [2.24, 2.45) is 0 Å². The molecule has 2 N–H and O–H groups in total. The van der Waals surface area contributed by atoms with Crippen molar-refractivity contribution >= 4 is 5.91 Å². The lowest BCUT2D eigenvalue weighted by Gasteiger charge is -2.20. The molecular weight excluding hydrogens is 247 g/mol. The van der Waals surface area contributed by atoms with Gasteiger partial charge in [0.15, 0.2) is 6.61 Å². The van der Waals surface area contributed by atoms with Gasteiger partial charge in [-0.15, -0.1) is 0 Å². The van der Waals surface area contributed by atoms with Crippen LogP contribution in [0.3, 0.4) is 0 Å². The second-order valence-corrected chi connectivity index (χ2v) is 5.37. The molecule has 0 unspecified atom stereocenters. The summed E-state index contributed by atoms with van der Waals surface area (Å²) in [6.07, 6.45) is 0. The van der Waals surface area contributed by atoms with E-state index in [2.05, 4.69) is 10.6 Å². The molecule has 0 saturated carbocycles. The Morgan fingerprint density at radius 3 is 2.63 bits per heavy atom. The first-order valence-corrected chi connectivity index (χ1v) is 6.18. The molecule has 0 aliphatic carbocycles. The third-order valence-electron chi connectivity index (χ3n) is 2.26. The number of hydrogen-bond donors (Lipinski definition) is 2. The molecule has 0 atom stereocenters. The molecule has 1 aromatic rings. The largest absolute Gasteiger partial charge is 0.483 e. The highest BCUT2D eigenvalue weighted by Gasteiger charge is 2.14. The fraction of sp³-hybridized carbons (Fsp3) is 0.500. The van der Waals surface area contributed by atoms with Crippen LogP contribution in [-0.4, -0.2) is 25.1 Å². The van der Waals surface area contributed by atoms with Gasteiger partial charge in [-0.2, -0.15) is 0 Å². The summed E-state index contributed by atoms with van der Waals surface area (Å²) in [5.74, 6) is -0.0104. The quantitative estimate of drug-likeness (QED) is 0.856. The van der Waals surface area contributed by atoms with Gasteiger partial charge in [0, 0.05) is 17.6 Å². The number of nitrogens with one attached hydrogen (secondary N) is 2. The van der Waals surface area contributed by atoms with Crippen LogP contribution in [0.4, 0.5) is 4.39 Å². The van der Waals surface area contributed by atoms with Crippen molar-refractivity contribution in [2.75, 3.05) is 13.7 Å². The SMILES string of the molecule is CNCc1cc(F)ccc1OCC(=O)NC(C)(C)C. The Morgan fingerprint density at radius 1 is 1.37 bits per heavy atom. The summed E-state index contributed by atoms with van der Waals surface area (Å²) < 4.78 is 18.6. The first-order chi connectivity index (χ1) is 8.81. The molecule has 19 heavy (non-hydrogen) atoms. The smallest absolute Gasteiger partial charge is 0.258 e. The van der Waals surface area contributed by atoms with E-state index in [-0.39, 0.29) is 23.9 Å². The van der Waals surface area contributed by atoms with E-state index in [0.717, 1.165) is 0 Å². The van der Waals surface area contributed by atoms with Gasteiger partial charge in [-0.3, -0.25) is 4.79 Å². The van der Waals surface area contributed by atoms with Gasteiger partial charge in [-0.05, 0) is 46.0 Å². The van der Waals surface area contributed by atoms with Crippen LogP contribution < -0.4 is 15.4 Å². The third-order valence-corrected chi connectivity index (χ3v) is 2.26. The first-order valence-electron chi connectivity index (χ1n) is 6.18. The van der Waals surface area contributed by atoms with Gasteiger partial charge in [-0.25, -0.2) is 4.39 Å². The number of benzene rings is 1. The van der Waals surface area contributed by atoms with Crippen LogP contribution in [0.15, 0.2) is 18.2 Å². The van der Waals surface area contributed by atoms with E-state index in [1.54, 1.807) is 7.05 Å². The molecule has 106 valence electrons. The topological polar surface area (TPSA) is 50.4 Å². The number of amides is 1. The minimum absolute atomic E-state index is 0.0837. The maximum absolute atomic E-state index is 13.1. The van der Waals surface area contributed by atoms with Crippen molar-refractivity contribution in [1.82, 2.24) is 10.6 Å². The highest BCUT2D eigenvalue weighted by atomic mass is 19.1. The Bertz CT molecular complexity index is 442. The molecule has 1 aromatic carbocycles. The Kier molecular flexibility index (Phi) is 5.30. The molecule has 0 aliphatic heterocycles. The van der Waals surface area contributed by atoms with Crippen LogP contribution in [0.25, 0.3) is 0 Å². The minimum atomic E-state index is -0.322. The zero-order chi connectivity index (χ0) is 14.5. The van der Waals surface area contributed by atoms with Crippen molar-refractivity contribution in [2.45, 2.75) is 32.9 Å². The van der Waals surface area contributed by atoms with Gasteiger partial charge in [0.2, 0.25) is 0 Å². The van der Waals surface area contributed by atoms with E-state index in [1.807, 2.05) is 20.8 Å². The van der Waals surface area contributed by atoms with Crippen LogP contribution >= 0.6 is 0 Å². The normalized spacial score (nSPS) is 11.2. The van der Waals surface area contributed by atoms with Crippen LogP contribution in [0.1, 0.15) is 26.3 Å². The Balaban J connectivity index is 2.64. The lowest BCUT2D eigenvalue weighted by molar-refractivity contribution is -0.124. The zero-order valence-corrected chi connectivity index (χ0v) is 11.8. The number of carbonyl (C=O) groups is 1. The fourth-order valence-corrected chi connectivity index (χ4v) is 1.62. The van der Waals surface area contributed by atoms with Crippen molar-refractivity contribution < 1.29 is 13.9 Å². The van der Waals surface area contributed by atoms with E-state index in [0.29, 0.717) is 17.9 Å². The molecule has 0 fully saturated rings. The second kappa shape index (κ2) is 6.52. The molecule has 0 heterocycles. The number of rotatable bonds is 5. The van der Waals surface area contributed by atoms with Gasteiger partial charge in [0.1, 0.15) is 11.6 Å². The maximum Gasteiger partial charge on any atom is 0.258 e. The van der Waals surface area contributed by atoms with Gasteiger partial charge < -0.3 is 15.4 Å². The average Bonchev–Trinajstić information content (AvgIpc) is 2.26. The van der Waals surface area contributed by atoms with E-state index in [9.17, 15) is 9.18 Å². The number of hydrogen-bond acceptors (Lipinski definition) is 3. The summed E-state index contributed by atoms with van der Waals surface area (Å²) in [7, 11) is 1.76. The summed E-state index contributed by atoms with van der Waals surface area (Å²) >= 11 is 0. The molecule has 0 bridgehead atoms. The molecule has 4 nitrogen and oxygen atoms in total. The predicted octanol–water partition coefficient (Wildman–Crippen LogP) is 1.84. The second-order valence-electron chi connectivity index (χ2n) is 5.37. The molecule has 0 aliphatic rings. The van der Waals surface area contributed by atoms with Crippen LogP contribution in [0.2, 0.25) is 0 Å². The van der Waals surface area contributed by atoms with Crippen molar-refractivity contribution in [1.29, 1.82) is 0 Å². The average molecular weight is 268 g/mol. The third kappa shape index (κ3) is 5.70. The molecule has 1 rings (SSSR count). The number of carbonyl (C=O) groups excluding carboxylic acids is 1. The van der Waals surface area contributed by atoms with E-state index in [4.69, 9.17) is 4.74 Å². The van der Waals surface area contributed by atoms with Crippen molar-refractivity contribution in [3.05, 3.63) is 29.6 Å².